The van der Waals surface area contributed by atoms with Crippen LogP contribution in [0.1, 0.15) is 17.2 Å². The van der Waals surface area contributed by atoms with Crippen LogP contribution in [0.15, 0.2) is 12.1 Å². The van der Waals surface area contributed by atoms with E-state index in [1.54, 1.807) is 0 Å². The SMILES string of the molecule is NC(CO)c1c(O)cc(C(F)(F)F)cc1Cl. The van der Waals surface area contributed by atoms with Crippen LogP contribution in [0.25, 0.3) is 0 Å². The first kappa shape index (κ1) is 13.1. The van der Waals surface area contributed by atoms with Gasteiger partial charge in [-0.25, -0.2) is 0 Å². The molecule has 1 aromatic carbocycles. The third-order valence-corrected chi connectivity index (χ3v) is 2.32. The highest BCUT2D eigenvalue weighted by Gasteiger charge is 2.32. The van der Waals surface area contributed by atoms with Gasteiger partial charge in [-0.3, -0.25) is 0 Å². The lowest BCUT2D eigenvalue weighted by atomic mass is 10.0. The molecular weight excluding hydrogens is 247 g/mol. The smallest absolute Gasteiger partial charge is 0.416 e. The summed E-state index contributed by atoms with van der Waals surface area (Å²) in [5, 5.41) is 17.8. The molecule has 0 bridgehead atoms. The van der Waals surface area contributed by atoms with Gasteiger partial charge in [0, 0.05) is 10.6 Å². The highest BCUT2D eigenvalue weighted by molar-refractivity contribution is 6.31. The number of aromatic hydroxyl groups is 1. The first-order chi connectivity index (χ1) is 7.27. The molecule has 0 fully saturated rings. The van der Waals surface area contributed by atoms with Gasteiger partial charge < -0.3 is 15.9 Å². The van der Waals surface area contributed by atoms with Crippen molar-refractivity contribution in [3.8, 4) is 5.75 Å². The molecule has 0 aromatic heterocycles. The van der Waals surface area contributed by atoms with Crippen molar-refractivity contribution < 1.29 is 23.4 Å². The molecule has 1 atom stereocenters. The number of alkyl halides is 3. The zero-order valence-electron chi connectivity index (χ0n) is 7.92. The minimum absolute atomic E-state index is 0.0998. The number of rotatable bonds is 2. The predicted octanol–water partition coefficient (Wildman–Crippen LogP) is 2.06. The Kier molecular flexibility index (Phi) is 3.67. The van der Waals surface area contributed by atoms with Gasteiger partial charge in [0.25, 0.3) is 0 Å². The fraction of sp³-hybridized carbons (Fsp3) is 0.333. The van der Waals surface area contributed by atoms with Crippen molar-refractivity contribution in [2.45, 2.75) is 12.2 Å². The Labute approximate surface area is 94.3 Å². The van der Waals surface area contributed by atoms with Crippen LogP contribution in [-0.4, -0.2) is 16.8 Å². The number of nitrogens with two attached hydrogens (primary N) is 1. The molecule has 1 aromatic rings. The van der Waals surface area contributed by atoms with Crippen LogP contribution in [0.3, 0.4) is 0 Å². The Balaban J connectivity index is 3.28. The van der Waals surface area contributed by atoms with Crippen LogP contribution in [0.4, 0.5) is 13.2 Å². The number of halogens is 4. The minimum Gasteiger partial charge on any atom is -0.508 e. The molecule has 0 amide bonds. The number of phenolic OH excluding ortho intramolecular Hbond substituents is 1. The average Bonchev–Trinajstić information content (AvgIpc) is 2.14. The summed E-state index contributed by atoms with van der Waals surface area (Å²) in [5.74, 6) is -0.679. The van der Waals surface area contributed by atoms with E-state index in [9.17, 15) is 18.3 Å². The van der Waals surface area contributed by atoms with Crippen molar-refractivity contribution in [3.63, 3.8) is 0 Å². The Hall–Kier alpha value is -0.980. The van der Waals surface area contributed by atoms with Crippen LogP contribution in [-0.2, 0) is 6.18 Å². The van der Waals surface area contributed by atoms with Crippen LogP contribution in [0, 0.1) is 0 Å². The fourth-order valence-electron chi connectivity index (χ4n) is 1.23. The molecule has 16 heavy (non-hydrogen) atoms. The van der Waals surface area contributed by atoms with E-state index in [0.29, 0.717) is 12.1 Å². The predicted molar refractivity (Wildman–Crippen MR) is 52.1 cm³/mol. The van der Waals surface area contributed by atoms with Crippen molar-refractivity contribution in [2.24, 2.45) is 5.73 Å². The highest BCUT2D eigenvalue weighted by atomic mass is 35.5. The van der Waals surface area contributed by atoms with E-state index in [2.05, 4.69) is 0 Å². The van der Waals surface area contributed by atoms with Gasteiger partial charge in [0.1, 0.15) is 5.75 Å². The number of aliphatic hydroxyl groups is 1. The molecule has 0 saturated carbocycles. The van der Waals surface area contributed by atoms with Crippen LogP contribution in [0.5, 0.6) is 5.75 Å². The number of benzene rings is 1. The number of phenols is 1. The monoisotopic (exact) mass is 255 g/mol. The largest absolute Gasteiger partial charge is 0.508 e. The molecule has 0 heterocycles. The summed E-state index contributed by atoms with van der Waals surface area (Å²) in [6.45, 7) is -0.529. The van der Waals surface area contributed by atoms with E-state index in [1.807, 2.05) is 0 Å². The van der Waals surface area contributed by atoms with Crippen molar-refractivity contribution in [1.82, 2.24) is 0 Å². The van der Waals surface area contributed by atoms with E-state index in [-0.39, 0.29) is 10.6 Å². The van der Waals surface area contributed by atoms with E-state index in [1.165, 1.54) is 0 Å². The Morgan fingerprint density at radius 1 is 1.38 bits per heavy atom. The van der Waals surface area contributed by atoms with E-state index >= 15 is 0 Å². The number of aliphatic hydroxyl groups excluding tert-OH is 1. The maximum atomic E-state index is 12.3. The molecule has 0 aliphatic rings. The molecule has 0 aliphatic heterocycles. The van der Waals surface area contributed by atoms with Gasteiger partial charge in [-0.05, 0) is 12.1 Å². The van der Waals surface area contributed by atoms with Gasteiger partial charge in [0.15, 0.2) is 0 Å². The Bertz CT molecular complexity index is 372. The van der Waals surface area contributed by atoms with Crippen molar-refractivity contribution in [2.75, 3.05) is 6.61 Å². The summed E-state index contributed by atoms with van der Waals surface area (Å²) >= 11 is 5.56. The summed E-state index contributed by atoms with van der Waals surface area (Å²) in [6.07, 6.45) is -4.59. The van der Waals surface area contributed by atoms with Gasteiger partial charge in [-0.2, -0.15) is 13.2 Å². The zero-order valence-corrected chi connectivity index (χ0v) is 8.68. The molecule has 3 nitrogen and oxygen atoms in total. The molecule has 1 rings (SSSR count). The van der Waals surface area contributed by atoms with Crippen molar-refractivity contribution in [1.29, 1.82) is 0 Å². The standard InChI is InChI=1S/C9H9ClF3NO2/c10-5-1-4(9(11,12)13)2-7(16)8(5)6(14)3-15/h1-2,6,15-16H,3,14H2. The normalized spacial score (nSPS) is 13.9. The van der Waals surface area contributed by atoms with Gasteiger partial charge in [-0.1, -0.05) is 11.6 Å². The topological polar surface area (TPSA) is 66.5 Å². The van der Waals surface area contributed by atoms with Crippen LogP contribution >= 0.6 is 11.6 Å². The number of hydrogen-bond acceptors (Lipinski definition) is 3. The van der Waals surface area contributed by atoms with Gasteiger partial charge >= 0.3 is 6.18 Å². The fourth-order valence-corrected chi connectivity index (χ4v) is 1.58. The summed E-state index contributed by atoms with van der Waals surface area (Å²) in [6, 6.07) is 0.165. The average molecular weight is 256 g/mol. The van der Waals surface area contributed by atoms with Crippen molar-refractivity contribution >= 4 is 11.6 Å². The summed E-state index contributed by atoms with van der Waals surface area (Å²) in [4.78, 5) is 0. The van der Waals surface area contributed by atoms with Gasteiger partial charge in [0.2, 0.25) is 0 Å². The third kappa shape index (κ3) is 2.58. The second-order valence-electron chi connectivity index (χ2n) is 3.18. The van der Waals surface area contributed by atoms with Gasteiger partial charge in [0.05, 0.1) is 18.2 Å². The maximum Gasteiger partial charge on any atom is 0.416 e. The van der Waals surface area contributed by atoms with Crippen LogP contribution < -0.4 is 5.73 Å². The molecule has 90 valence electrons. The van der Waals surface area contributed by atoms with Gasteiger partial charge in [-0.15, -0.1) is 0 Å². The summed E-state index contributed by atoms with van der Waals surface area (Å²) in [7, 11) is 0. The van der Waals surface area contributed by atoms with E-state index in [4.69, 9.17) is 22.4 Å². The van der Waals surface area contributed by atoms with Crippen molar-refractivity contribution in [3.05, 3.63) is 28.3 Å². The van der Waals surface area contributed by atoms with Crippen LogP contribution in [0.2, 0.25) is 5.02 Å². The maximum absolute atomic E-state index is 12.3. The first-order valence-electron chi connectivity index (χ1n) is 4.23. The first-order valence-corrected chi connectivity index (χ1v) is 4.61. The summed E-state index contributed by atoms with van der Waals surface area (Å²) < 4.78 is 36.9. The van der Waals surface area contributed by atoms with E-state index in [0.717, 1.165) is 0 Å². The second kappa shape index (κ2) is 4.48. The van der Waals surface area contributed by atoms with E-state index < -0.39 is 30.1 Å². The second-order valence-corrected chi connectivity index (χ2v) is 3.58. The molecular formula is C9H9ClF3NO2. The number of hydrogen-bond donors (Lipinski definition) is 3. The Morgan fingerprint density at radius 3 is 2.31 bits per heavy atom. The molecule has 0 aliphatic carbocycles. The third-order valence-electron chi connectivity index (χ3n) is 2.00. The lowest BCUT2D eigenvalue weighted by molar-refractivity contribution is -0.137. The zero-order chi connectivity index (χ0) is 12.5. The molecule has 7 heteroatoms. The summed E-state index contributed by atoms with van der Waals surface area (Å²) in [5.41, 5.74) is 4.21. The lowest BCUT2D eigenvalue weighted by Crippen LogP contribution is -2.16. The molecule has 0 radical (unpaired) electrons. The molecule has 4 N–H and O–H groups in total. The molecule has 0 spiro atoms. The minimum atomic E-state index is -4.59. The molecule has 0 saturated heterocycles. The Morgan fingerprint density at radius 2 is 1.94 bits per heavy atom. The highest BCUT2D eigenvalue weighted by Crippen LogP contribution is 2.38. The lowest BCUT2D eigenvalue weighted by Gasteiger charge is -2.15. The quantitative estimate of drug-likeness (QED) is 0.758. The molecule has 1 unspecified atom stereocenters.